The first kappa shape index (κ1) is 20.7. The van der Waals surface area contributed by atoms with Crippen LogP contribution < -0.4 is 10.9 Å². The maximum Gasteiger partial charge on any atom is 0.258 e. The fourth-order valence-corrected chi connectivity index (χ4v) is 3.34. The Morgan fingerprint density at radius 1 is 1.03 bits per heavy atom. The molecule has 3 aromatic rings. The van der Waals surface area contributed by atoms with Crippen LogP contribution in [0.25, 0.3) is 10.9 Å². The number of nitrogens with one attached hydrogen (secondary N) is 2. The number of aryl methyl sites for hydroxylation is 1. The number of amides is 1. The number of aromatic amines is 1. The van der Waals surface area contributed by atoms with E-state index in [0.29, 0.717) is 29.7 Å². The Morgan fingerprint density at radius 2 is 1.72 bits per heavy atom. The van der Waals surface area contributed by atoms with E-state index in [2.05, 4.69) is 46.2 Å². The predicted molar refractivity (Wildman–Crippen MR) is 116 cm³/mol. The molecular formula is C23H28N4O2. The molecule has 0 fully saturated rings. The third-order valence-electron chi connectivity index (χ3n) is 5.13. The van der Waals surface area contributed by atoms with Gasteiger partial charge in [-0.25, -0.2) is 4.98 Å². The first-order valence-corrected chi connectivity index (χ1v) is 10.1. The molecule has 0 saturated heterocycles. The maximum atomic E-state index is 12.3. The fourth-order valence-electron chi connectivity index (χ4n) is 3.34. The Kier molecular flexibility index (Phi) is 7.14. The molecule has 2 N–H and O–H groups in total. The molecule has 6 nitrogen and oxygen atoms in total. The summed E-state index contributed by atoms with van der Waals surface area (Å²) < 4.78 is 0. The highest BCUT2D eigenvalue weighted by Gasteiger charge is 2.09. The average molecular weight is 393 g/mol. The summed E-state index contributed by atoms with van der Waals surface area (Å²) in [5.41, 5.74) is 2.84. The monoisotopic (exact) mass is 392 g/mol. The smallest absolute Gasteiger partial charge is 0.258 e. The molecule has 0 radical (unpaired) electrons. The van der Waals surface area contributed by atoms with Crippen LogP contribution in [0.2, 0.25) is 0 Å². The van der Waals surface area contributed by atoms with Gasteiger partial charge < -0.3 is 10.3 Å². The van der Waals surface area contributed by atoms with E-state index >= 15 is 0 Å². The van der Waals surface area contributed by atoms with E-state index in [1.807, 2.05) is 24.3 Å². The summed E-state index contributed by atoms with van der Waals surface area (Å²) in [7, 11) is 0. The molecule has 1 heterocycles. The highest BCUT2D eigenvalue weighted by molar-refractivity contribution is 5.78. The van der Waals surface area contributed by atoms with E-state index in [0.717, 1.165) is 25.2 Å². The van der Waals surface area contributed by atoms with Gasteiger partial charge in [0.25, 0.3) is 5.56 Å². The van der Waals surface area contributed by atoms with E-state index in [4.69, 9.17) is 0 Å². The maximum absolute atomic E-state index is 12.3. The molecule has 0 saturated carbocycles. The van der Waals surface area contributed by atoms with Crippen molar-refractivity contribution in [1.29, 1.82) is 0 Å². The van der Waals surface area contributed by atoms with Crippen molar-refractivity contribution in [3.05, 3.63) is 75.8 Å². The van der Waals surface area contributed by atoms with Crippen LogP contribution in [0.4, 0.5) is 0 Å². The van der Waals surface area contributed by atoms with Crippen molar-refractivity contribution in [2.24, 2.45) is 0 Å². The second kappa shape index (κ2) is 9.98. The summed E-state index contributed by atoms with van der Waals surface area (Å²) in [5, 5.41) is 3.55. The van der Waals surface area contributed by atoms with Crippen molar-refractivity contribution in [2.75, 3.05) is 13.1 Å². The van der Waals surface area contributed by atoms with Gasteiger partial charge in [-0.3, -0.25) is 14.5 Å². The molecule has 0 bridgehead atoms. The van der Waals surface area contributed by atoms with Crippen molar-refractivity contribution in [3.8, 4) is 0 Å². The lowest BCUT2D eigenvalue weighted by Crippen LogP contribution is -2.26. The minimum absolute atomic E-state index is 0.0570. The molecule has 0 aliphatic heterocycles. The fraction of sp³-hybridized carbons (Fsp3) is 0.348. The van der Waals surface area contributed by atoms with Crippen LogP contribution in [0.3, 0.4) is 0 Å². The van der Waals surface area contributed by atoms with E-state index in [1.54, 1.807) is 12.1 Å². The molecule has 0 aliphatic rings. The number of carbonyl (C=O) groups is 1. The molecule has 0 spiro atoms. The highest BCUT2D eigenvalue weighted by Crippen LogP contribution is 2.12. The minimum atomic E-state index is -0.170. The predicted octanol–water partition coefficient (Wildman–Crippen LogP) is 3.01. The lowest BCUT2D eigenvalue weighted by molar-refractivity contribution is -0.121. The topological polar surface area (TPSA) is 78.1 Å². The number of carbonyl (C=O) groups excluding carboxylic acids is 1. The number of para-hydroxylation sites is 1. The van der Waals surface area contributed by atoms with Gasteiger partial charge in [0, 0.05) is 25.9 Å². The van der Waals surface area contributed by atoms with E-state index in [-0.39, 0.29) is 17.9 Å². The van der Waals surface area contributed by atoms with Gasteiger partial charge in [0.1, 0.15) is 5.82 Å². The molecular weight excluding hydrogens is 364 g/mol. The minimum Gasteiger partial charge on any atom is -0.352 e. The van der Waals surface area contributed by atoms with Crippen LogP contribution >= 0.6 is 0 Å². The molecule has 0 unspecified atom stereocenters. The van der Waals surface area contributed by atoms with E-state index in [9.17, 15) is 9.59 Å². The van der Waals surface area contributed by atoms with Gasteiger partial charge in [-0.2, -0.15) is 0 Å². The van der Waals surface area contributed by atoms with Gasteiger partial charge in [-0.05, 0) is 36.3 Å². The van der Waals surface area contributed by atoms with Gasteiger partial charge in [-0.15, -0.1) is 0 Å². The summed E-state index contributed by atoms with van der Waals surface area (Å²) in [4.78, 5) is 34.0. The van der Waals surface area contributed by atoms with Crippen LogP contribution in [0.1, 0.15) is 37.2 Å². The zero-order valence-corrected chi connectivity index (χ0v) is 17.1. The van der Waals surface area contributed by atoms with Crippen LogP contribution in [-0.2, 0) is 24.3 Å². The van der Waals surface area contributed by atoms with Crippen molar-refractivity contribution >= 4 is 16.8 Å². The van der Waals surface area contributed by atoms with Gasteiger partial charge >= 0.3 is 0 Å². The summed E-state index contributed by atoms with van der Waals surface area (Å²) in [6, 6.07) is 15.4. The lowest BCUT2D eigenvalue weighted by Gasteiger charge is -2.20. The Balaban J connectivity index is 1.58. The third-order valence-corrected chi connectivity index (χ3v) is 5.13. The quantitative estimate of drug-likeness (QED) is 0.587. The zero-order chi connectivity index (χ0) is 20.6. The van der Waals surface area contributed by atoms with E-state index in [1.165, 1.54) is 5.56 Å². The van der Waals surface area contributed by atoms with Crippen molar-refractivity contribution in [3.63, 3.8) is 0 Å². The van der Waals surface area contributed by atoms with Crippen LogP contribution in [0.5, 0.6) is 0 Å². The van der Waals surface area contributed by atoms with Gasteiger partial charge in [-0.1, -0.05) is 50.2 Å². The summed E-state index contributed by atoms with van der Waals surface area (Å²) >= 11 is 0. The first-order chi connectivity index (χ1) is 14.1. The number of hydrogen-bond acceptors (Lipinski definition) is 4. The van der Waals surface area contributed by atoms with Crippen molar-refractivity contribution in [1.82, 2.24) is 20.2 Å². The summed E-state index contributed by atoms with van der Waals surface area (Å²) in [5.74, 6) is 0.476. The van der Waals surface area contributed by atoms with E-state index < -0.39 is 0 Å². The van der Waals surface area contributed by atoms with Gasteiger partial charge in [0.15, 0.2) is 0 Å². The third kappa shape index (κ3) is 5.51. The SMILES string of the molecule is CCN(CC)Cc1ccccc1CNC(=O)CCc1nc2ccccc2c(=O)[nH]1. The number of fused-ring (bicyclic) bond motifs is 1. The second-order valence-corrected chi connectivity index (χ2v) is 7.04. The number of rotatable bonds is 9. The molecule has 3 rings (SSSR count). The molecule has 0 atom stereocenters. The molecule has 2 aromatic carbocycles. The van der Waals surface area contributed by atoms with Crippen LogP contribution in [0, 0.1) is 0 Å². The molecule has 6 heteroatoms. The first-order valence-electron chi connectivity index (χ1n) is 10.1. The normalized spacial score (nSPS) is 11.1. The van der Waals surface area contributed by atoms with Crippen LogP contribution in [0.15, 0.2) is 53.3 Å². The lowest BCUT2D eigenvalue weighted by atomic mass is 10.1. The van der Waals surface area contributed by atoms with Gasteiger partial charge in [0.2, 0.25) is 5.91 Å². The van der Waals surface area contributed by atoms with Crippen molar-refractivity contribution < 1.29 is 4.79 Å². The largest absolute Gasteiger partial charge is 0.352 e. The standard InChI is InChI=1S/C23H28N4O2/c1-3-27(4-2)16-18-10-6-5-9-17(18)15-24-22(28)14-13-21-25-20-12-8-7-11-19(20)23(29)26-21/h5-12H,3-4,13-16H2,1-2H3,(H,24,28)(H,25,26,29). The molecule has 1 amide bonds. The molecule has 29 heavy (non-hydrogen) atoms. The Morgan fingerprint density at radius 3 is 2.48 bits per heavy atom. The second-order valence-electron chi connectivity index (χ2n) is 7.04. The average Bonchev–Trinajstić information content (AvgIpc) is 2.75. The Labute approximate surface area is 171 Å². The Hall–Kier alpha value is -2.99. The number of nitrogens with zero attached hydrogens (tertiary/aromatic N) is 2. The van der Waals surface area contributed by atoms with Gasteiger partial charge in [0.05, 0.1) is 10.9 Å². The number of benzene rings is 2. The molecule has 152 valence electrons. The molecule has 0 aliphatic carbocycles. The van der Waals surface area contributed by atoms with Crippen molar-refractivity contribution in [2.45, 2.75) is 39.8 Å². The van der Waals surface area contributed by atoms with Crippen LogP contribution in [-0.4, -0.2) is 33.9 Å². The number of aromatic nitrogens is 2. The summed E-state index contributed by atoms with van der Waals surface area (Å²) in [6.45, 7) is 7.67. The number of H-pyrrole nitrogens is 1. The number of hydrogen-bond donors (Lipinski definition) is 2. The highest BCUT2D eigenvalue weighted by atomic mass is 16.1. The Bertz CT molecular complexity index is 1020. The molecule has 1 aromatic heterocycles. The summed E-state index contributed by atoms with van der Waals surface area (Å²) in [6.07, 6.45) is 0.673. The zero-order valence-electron chi connectivity index (χ0n) is 17.1.